The first-order valence-electron chi connectivity index (χ1n) is 17.6. The molecule has 0 spiro atoms. The van der Waals surface area contributed by atoms with Crippen molar-refractivity contribution in [3.8, 4) is 11.4 Å². The van der Waals surface area contributed by atoms with E-state index in [2.05, 4.69) is 51.5 Å². The molecule has 0 saturated carbocycles. The Bertz CT molecular complexity index is 2490. The van der Waals surface area contributed by atoms with E-state index in [4.69, 9.17) is 23.2 Å². The van der Waals surface area contributed by atoms with Crippen LogP contribution in [-0.2, 0) is 14.4 Å². The van der Waals surface area contributed by atoms with E-state index < -0.39 is 35.7 Å². The lowest BCUT2D eigenvalue weighted by Crippen LogP contribution is -2.53. The van der Waals surface area contributed by atoms with Gasteiger partial charge in [0, 0.05) is 57.2 Å². The first kappa shape index (κ1) is 42.6. The maximum absolute atomic E-state index is 14.2. The fourth-order valence-corrected chi connectivity index (χ4v) is 6.89. The number of halogens is 3. The molecule has 59 heavy (non-hydrogen) atoms. The predicted octanol–water partition coefficient (Wildman–Crippen LogP) is 6.99. The summed E-state index contributed by atoms with van der Waals surface area (Å²) in [6, 6.07) is 22.1. The Morgan fingerprint density at radius 1 is 0.746 bits per heavy atom. The van der Waals surface area contributed by atoms with Crippen LogP contribution in [0.15, 0.2) is 110 Å². The molecule has 3 amide bonds. The summed E-state index contributed by atoms with van der Waals surface area (Å²) in [5.41, 5.74) is 4.12. The number of thiol groups is 1. The first-order valence-corrected chi connectivity index (χ1v) is 21.6. The Labute approximate surface area is 364 Å². The van der Waals surface area contributed by atoms with Gasteiger partial charge in [-0.3, -0.25) is 14.4 Å². The van der Waals surface area contributed by atoms with Crippen molar-refractivity contribution in [1.82, 2.24) is 45.3 Å². The molecule has 6 aromatic rings. The number of carbonyl (C=O) groups excluding carboxylic acids is 3. The Balaban J connectivity index is 0.00000288. The summed E-state index contributed by atoms with van der Waals surface area (Å²) in [5.74, 6) is -2.80. The van der Waals surface area contributed by atoms with E-state index in [9.17, 15) is 24.3 Å². The number of benzene rings is 4. The lowest BCUT2D eigenvalue weighted by Gasteiger charge is -2.40. The Hall–Kier alpha value is -5.96. The smallest absolute Gasteiger partial charge is 0.335 e. The van der Waals surface area contributed by atoms with Crippen LogP contribution in [0.2, 0.25) is 10.0 Å². The van der Waals surface area contributed by atoms with Crippen LogP contribution in [0.3, 0.4) is 0 Å². The van der Waals surface area contributed by atoms with Gasteiger partial charge in [-0.1, -0.05) is 35.3 Å². The maximum Gasteiger partial charge on any atom is 0.335 e. The molecule has 20 heteroatoms. The molecule has 0 radical (unpaired) electrons. The zero-order chi connectivity index (χ0) is 41.9. The number of likely N-dealkylation sites (tertiary alicyclic amines) is 1. The second-order valence-corrected chi connectivity index (χ2v) is 13.7. The van der Waals surface area contributed by atoms with E-state index in [0.29, 0.717) is 63.3 Å². The Kier molecular flexibility index (Phi) is 14.6. The number of carbonyl (C=O) groups is 4. The van der Waals surface area contributed by atoms with Gasteiger partial charge in [0.2, 0.25) is 17.7 Å². The van der Waals surface area contributed by atoms with Crippen LogP contribution in [0, 0.1) is 0 Å². The number of carboxylic acids is 1. The van der Waals surface area contributed by atoms with Crippen LogP contribution < -0.4 is 10.6 Å². The van der Waals surface area contributed by atoms with Crippen molar-refractivity contribution >= 4 is 101 Å². The average Bonchev–Trinajstić information content (AvgIpc) is 3.99. The summed E-state index contributed by atoms with van der Waals surface area (Å²) in [4.78, 5) is 54.1. The molecule has 1 saturated heterocycles. The highest BCUT2D eigenvalue weighted by Gasteiger charge is 2.39. The fourth-order valence-electron chi connectivity index (χ4n) is 6.53. The topological polar surface area (TPSA) is 203 Å². The number of hydrogen-bond donors (Lipinski definition) is 4. The highest BCUT2D eigenvalue weighted by atomic mass is 127. The zero-order valence-corrected chi connectivity index (χ0v) is 35.1. The van der Waals surface area contributed by atoms with Crippen molar-refractivity contribution in [3.63, 3.8) is 0 Å². The number of rotatable bonds is 11. The molecule has 2 aromatic heterocycles. The maximum atomic E-state index is 14.2. The fraction of sp³-hybridized carbons (Fsp3) is 0.128. The van der Waals surface area contributed by atoms with Crippen LogP contribution in [-0.4, -0.2) is 86.7 Å². The second-order valence-electron chi connectivity index (χ2n) is 12.8. The minimum absolute atomic E-state index is 0.0637. The molecule has 7 rings (SSSR count). The van der Waals surface area contributed by atoms with Crippen LogP contribution >= 0.6 is 54.2 Å². The van der Waals surface area contributed by atoms with E-state index in [1.165, 1.54) is 63.3 Å². The van der Waals surface area contributed by atoms with Gasteiger partial charge in [-0.25, -0.2) is 4.79 Å². The van der Waals surface area contributed by atoms with Gasteiger partial charge in [0.15, 0.2) is 0 Å². The summed E-state index contributed by atoms with van der Waals surface area (Å²) in [5, 5.41) is 38.5. The zero-order valence-electron chi connectivity index (χ0n) is 30.5. The van der Waals surface area contributed by atoms with Crippen molar-refractivity contribution in [1.29, 1.82) is 0 Å². The van der Waals surface area contributed by atoms with Crippen LogP contribution in [0.1, 0.15) is 45.8 Å². The van der Waals surface area contributed by atoms with Gasteiger partial charge in [-0.05, 0) is 145 Å². The van der Waals surface area contributed by atoms with E-state index >= 15 is 0 Å². The number of aromatic nitrogens is 8. The highest BCUT2D eigenvalue weighted by Crippen LogP contribution is 2.35. The van der Waals surface area contributed by atoms with Gasteiger partial charge < -0.3 is 20.6 Å². The summed E-state index contributed by atoms with van der Waals surface area (Å²) in [7, 11) is 3.50. The quantitative estimate of drug-likeness (QED) is 0.0592. The number of tetrazole rings is 2. The predicted molar refractivity (Wildman–Crippen MR) is 234 cm³/mol. The lowest BCUT2D eigenvalue weighted by atomic mass is 9.82. The molecular weight excluding hydrogens is 932 g/mol. The number of nitrogens with one attached hydrogen (secondary N) is 2. The molecule has 0 bridgehead atoms. The van der Waals surface area contributed by atoms with Crippen molar-refractivity contribution in [3.05, 3.63) is 142 Å². The third kappa shape index (κ3) is 10.8. The SMILES string of the molecule is O=C(/C=C/c1cc(Cl)ccc1-n1cnnn1)Nc1ccc(C2CCCN(C(=O)/C=C/c3cc(Cl)ccc3-n3cnnn3)C2C(=O)Nc2ccc(C(=O)O)cc2)cc1.SI. The van der Waals surface area contributed by atoms with E-state index in [1.807, 2.05) is 33.3 Å². The summed E-state index contributed by atoms with van der Waals surface area (Å²) in [6.45, 7) is 0.299. The highest BCUT2D eigenvalue weighted by molar-refractivity contribution is 14.2. The number of carboxylic acid groups (broad SMARTS) is 1. The molecule has 2 unspecified atom stereocenters. The second kappa shape index (κ2) is 20.1. The standard InChI is InChI=1S/C39H31Cl2N11O5.HIS/c40-28-9-15-33(51-22-42-46-48-51)26(20-28)7-17-35(53)44-30-11-3-24(4-12-30)32-2-1-19-50(37(32)38(55)45-31-13-5-25(6-14-31)39(56)57)36(54)18-8-27-21-29(41)10-16-34(27)52-23-43-47-49-52;1-2/h3-18,20-23,32,37H,1-2,19H2,(H,44,53)(H,45,55)(H,56,57);2H/b17-7+,18-8+;. The number of anilines is 2. The molecule has 3 heterocycles. The number of nitrogens with zero attached hydrogens (tertiary/aromatic N) is 9. The number of piperidine rings is 1. The molecule has 0 aliphatic carbocycles. The third-order valence-corrected chi connectivity index (χ3v) is 9.65. The first-order chi connectivity index (χ1) is 28.6. The minimum Gasteiger partial charge on any atom is -0.478 e. The van der Waals surface area contributed by atoms with Gasteiger partial charge >= 0.3 is 5.97 Å². The van der Waals surface area contributed by atoms with E-state index in [0.717, 1.165) is 5.56 Å². The van der Waals surface area contributed by atoms with Gasteiger partial charge in [0.1, 0.15) is 18.7 Å². The lowest BCUT2D eigenvalue weighted by molar-refractivity contribution is -0.137. The Morgan fingerprint density at radius 3 is 1.83 bits per heavy atom. The minimum atomic E-state index is -1.10. The summed E-state index contributed by atoms with van der Waals surface area (Å²) >= 11 is 14.3. The van der Waals surface area contributed by atoms with Gasteiger partial charge in [-0.2, -0.15) is 9.36 Å². The largest absolute Gasteiger partial charge is 0.478 e. The van der Waals surface area contributed by atoms with Crippen LogP contribution in [0.5, 0.6) is 0 Å². The molecule has 1 fully saturated rings. The van der Waals surface area contributed by atoms with Crippen molar-refractivity contribution in [2.45, 2.75) is 24.8 Å². The average molecular weight is 965 g/mol. The van der Waals surface area contributed by atoms with E-state index in [1.54, 1.807) is 60.7 Å². The number of amides is 3. The molecule has 1 aliphatic rings. The molecule has 300 valence electrons. The monoisotopic (exact) mass is 963 g/mol. The Morgan fingerprint density at radius 2 is 1.29 bits per heavy atom. The molecule has 3 N–H and O–H groups in total. The molecule has 4 aromatic carbocycles. The number of aromatic carboxylic acids is 1. The molecule has 1 aliphatic heterocycles. The molecule has 16 nitrogen and oxygen atoms in total. The summed E-state index contributed by atoms with van der Waals surface area (Å²) in [6.07, 6.45) is 9.99. The molecule has 2 atom stereocenters. The van der Waals surface area contributed by atoms with Gasteiger partial charge in [0.05, 0.1) is 16.9 Å². The van der Waals surface area contributed by atoms with E-state index in [-0.39, 0.29) is 5.56 Å². The molecular formula is C39H32Cl2IN11O5S. The van der Waals surface area contributed by atoms with Crippen LogP contribution in [0.25, 0.3) is 23.5 Å². The summed E-state index contributed by atoms with van der Waals surface area (Å²) < 4.78 is 2.90. The van der Waals surface area contributed by atoms with Crippen molar-refractivity contribution in [2.75, 3.05) is 17.2 Å². The normalized spacial score (nSPS) is 15.1. The number of hydrogen-bond acceptors (Lipinski definition) is 11. The van der Waals surface area contributed by atoms with Gasteiger partial charge in [-0.15, -0.1) is 20.0 Å². The third-order valence-electron chi connectivity index (χ3n) is 9.18. The van der Waals surface area contributed by atoms with Crippen LogP contribution in [0.4, 0.5) is 11.4 Å². The van der Waals surface area contributed by atoms with Gasteiger partial charge in [0.25, 0.3) is 0 Å². The van der Waals surface area contributed by atoms with Crippen molar-refractivity contribution < 1.29 is 24.3 Å². The van der Waals surface area contributed by atoms with Crippen molar-refractivity contribution in [2.24, 2.45) is 0 Å².